The zero-order chi connectivity index (χ0) is 19.0. The molecule has 0 N–H and O–H groups in total. The minimum atomic E-state index is -0.300. The molecule has 0 atom stereocenters. The monoisotopic (exact) mass is 406 g/mol. The third kappa shape index (κ3) is 3.34. The average molecular weight is 407 g/mol. The average Bonchev–Trinajstić information content (AvgIpc) is 3.01. The number of hydrogen-bond donors (Lipinski definition) is 0. The number of hydrogen-bond acceptors (Lipinski definition) is 3. The molecule has 0 saturated carbocycles. The fourth-order valence-electron chi connectivity index (χ4n) is 2.89. The van der Waals surface area contributed by atoms with E-state index < -0.39 is 0 Å². The van der Waals surface area contributed by atoms with Gasteiger partial charge in [-0.05, 0) is 61.5 Å². The first-order valence-electron chi connectivity index (χ1n) is 7.84. The number of halogens is 2. The second-order valence-corrected chi connectivity index (χ2v) is 7.68. The summed E-state index contributed by atoms with van der Waals surface area (Å²) in [5, 5.41) is 0.880. The molecule has 1 aliphatic heterocycles. The fraction of sp³-hybridized carbons (Fsp3) is 0.158. The number of imide groups is 1. The van der Waals surface area contributed by atoms with Crippen molar-refractivity contribution in [2.45, 2.75) is 13.8 Å². The van der Waals surface area contributed by atoms with Gasteiger partial charge in [0.15, 0.2) is 0 Å². The molecule has 0 spiro atoms. The van der Waals surface area contributed by atoms with Crippen molar-refractivity contribution in [3.8, 4) is 5.69 Å². The van der Waals surface area contributed by atoms with Crippen molar-refractivity contribution in [1.82, 2.24) is 9.47 Å². The normalized spacial score (nSPS) is 16.0. The van der Waals surface area contributed by atoms with E-state index in [1.165, 1.54) is 11.0 Å². The molecule has 2 heterocycles. The standard InChI is InChI=1S/C19H16Cl2N2O2S/c1-4-7-22-18(24)17(26-19(22)25)9-13-8-11(2)23(12(13)3)16-10-14(20)5-6-15(16)21/h4-6,8-10H,1,7H2,2-3H3/b17-9+. The summed E-state index contributed by atoms with van der Waals surface area (Å²) in [5.74, 6) is -0.300. The van der Waals surface area contributed by atoms with Crippen molar-refractivity contribution < 1.29 is 9.59 Å². The number of nitrogens with zero attached hydrogens (tertiary/aromatic N) is 2. The van der Waals surface area contributed by atoms with Crippen LogP contribution in [0.25, 0.3) is 11.8 Å². The lowest BCUT2D eigenvalue weighted by molar-refractivity contribution is -0.122. The summed E-state index contributed by atoms with van der Waals surface area (Å²) in [7, 11) is 0. The third-order valence-corrected chi connectivity index (χ3v) is 5.55. The quantitative estimate of drug-likeness (QED) is 0.488. The minimum absolute atomic E-state index is 0.207. The molecule has 4 nitrogen and oxygen atoms in total. The Hall–Kier alpha value is -1.95. The highest BCUT2D eigenvalue weighted by molar-refractivity contribution is 8.18. The maximum absolute atomic E-state index is 12.4. The third-order valence-electron chi connectivity index (χ3n) is 4.09. The summed E-state index contributed by atoms with van der Waals surface area (Å²) in [5.41, 5.74) is 3.47. The number of benzene rings is 1. The van der Waals surface area contributed by atoms with E-state index >= 15 is 0 Å². The zero-order valence-corrected chi connectivity index (χ0v) is 16.6. The number of rotatable bonds is 4. The molecule has 1 aromatic carbocycles. The van der Waals surface area contributed by atoms with Crippen molar-refractivity contribution >= 4 is 52.2 Å². The largest absolute Gasteiger partial charge is 0.316 e. The first kappa shape index (κ1) is 18.8. The molecule has 1 fully saturated rings. The van der Waals surface area contributed by atoms with Gasteiger partial charge in [0.2, 0.25) is 0 Å². The first-order chi connectivity index (χ1) is 12.3. The van der Waals surface area contributed by atoms with E-state index in [0.29, 0.717) is 15.0 Å². The van der Waals surface area contributed by atoms with Gasteiger partial charge in [0.25, 0.3) is 11.1 Å². The molecule has 3 rings (SSSR count). The van der Waals surface area contributed by atoms with Crippen LogP contribution in [0.3, 0.4) is 0 Å². The lowest BCUT2D eigenvalue weighted by atomic mass is 10.2. The molecule has 1 aromatic heterocycles. The van der Waals surface area contributed by atoms with E-state index in [4.69, 9.17) is 23.2 Å². The van der Waals surface area contributed by atoms with Crippen molar-refractivity contribution in [3.05, 3.63) is 68.8 Å². The highest BCUT2D eigenvalue weighted by Gasteiger charge is 2.34. The van der Waals surface area contributed by atoms with Gasteiger partial charge in [-0.15, -0.1) is 6.58 Å². The fourth-order valence-corrected chi connectivity index (χ4v) is 4.10. The van der Waals surface area contributed by atoms with Gasteiger partial charge in [0, 0.05) is 23.0 Å². The smallest absolute Gasteiger partial charge is 0.293 e. The maximum Gasteiger partial charge on any atom is 0.293 e. The number of thioether (sulfide) groups is 1. The number of carbonyl (C=O) groups is 2. The summed E-state index contributed by atoms with van der Waals surface area (Å²) >= 11 is 13.4. The summed E-state index contributed by atoms with van der Waals surface area (Å²) < 4.78 is 1.98. The predicted octanol–water partition coefficient (Wildman–Crippen LogP) is 5.62. The number of amides is 2. The second-order valence-electron chi connectivity index (χ2n) is 5.84. The Morgan fingerprint density at radius 3 is 2.62 bits per heavy atom. The molecule has 26 heavy (non-hydrogen) atoms. The highest BCUT2D eigenvalue weighted by atomic mass is 35.5. The molecular formula is C19H16Cl2N2O2S. The lowest BCUT2D eigenvalue weighted by Gasteiger charge is -2.12. The van der Waals surface area contributed by atoms with Crippen LogP contribution in [-0.2, 0) is 4.79 Å². The van der Waals surface area contributed by atoms with Crippen LogP contribution in [-0.4, -0.2) is 27.2 Å². The van der Waals surface area contributed by atoms with Gasteiger partial charge in [-0.3, -0.25) is 14.5 Å². The summed E-state index contributed by atoms with van der Waals surface area (Å²) in [6, 6.07) is 7.23. The van der Waals surface area contributed by atoms with Crippen LogP contribution in [0.2, 0.25) is 10.0 Å². The zero-order valence-electron chi connectivity index (χ0n) is 14.3. The molecular weight excluding hydrogens is 391 g/mol. The van der Waals surface area contributed by atoms with E-state index in [-0.39, 0.29) is 17.7 Å². The van der Waals surface area contributed by atoms with Crippen LogP contribution < -0.4 is 0 Å². The van der Waals surface area contributed by atoms with Gasteiger partial charge in [0.05, 0.1) is 15.6 Å². The van der Waals surface area contributed by atoms with E-state index in [1.54, 1.807) is 24.3 Å². The van der Waals surface area contributed by atoms with Crippen LogP contribution in [0.4, 0.5) is 4.79 Å². The molecule has 0 radical (unpaired) electrons. The molecule has 0 unspecified atom stereocenters. The molecule has 134 valence electrons. The summed E-state index contributed by atoms with van der Waals surface area (Å²) in [4.78, 5) is 26.0. The molecule has 0 bridgehead atoms. The molecule has 2 amide bonds. The van der Waals surface area contributed by atoms with Crippen molar-refractivity contribution in [1.29, 1.82) is 0 Å². The van der Waals surface area contributed by atoms with Crippen LogP contribution in [0.1, 0.15) is 17.0 Å². The van der Waals surface area contributed by atoms with Crippen molar-refractivity contribution in [2.75, 3.05) is 6.54 Å². The Labute approximate surface area is 166 Å². The second kappa shape index (κ2) is 7.35. The molecule has 1 aliphatic rings. The minimum Gasteiger partial charge on any atom is -0.316 e. The van der Waals surface area contributed by atoms with Gasteiger partial charge in [0.1, 0.15) is 0 Å². The van der Waals surface area contributed by atoms with Gasteiger partial charge >= 0.3 is 0 Å². The van der Waals surface area contributed by atoms with Crippen molar-refractivity contribution in [3.63, 3.8) is 0 Å². The Morgan fingerprint density at radius 1 is 1.19 bits per heavy atom. The molecule has 0 aliphatic carbocycles. The van der Waals surface area contributed by atoms with E-state index in [2.05, 4.69) is 6.58 Å². The van der Waals surface area contributed by atoms with E-state index in [1.807, 2.05) is 24.5 Å². The Morgan fingerprint density at radius 2 is 1.92 bits per heavy atom. The summed E-state index contributed by atoms with van der Waals surface area (Å²) in [6.07, 6.45) is 3.28. The lowest BCUT2D eigenvalue weighted by Crippen LogP contribution is -2.27. The molecule has 7 heteroatoms. The van der Waals surface area contributed by atoms with Crippen LogP contribution in [0.15, 0.2) is 41.8 Å². The van der Waals surface area contributed by atoms with Crippen LogP contribution in [0, 0.1) is 13.8 Å². The molecule has 1 saturated heterocycles. The van der Waals surface area contributed by atoms with E-state index in [9.17, 15) is 9.59 Å². The van der Waals surface area contributed by atoms with Crippen LogP contribution in [0.5, 0.6) is 0 Å². The van der Waals surface area contributed by atoms with Crippen LogP contribution >= 0.6 is 35.0 Å². The summed E-state index contributed by atoms with van der Waals surface area (Å²) in [6.45, 7) is 7.67. The first-order valence-corrected chi connectivity index (χ1v) is 9.41. The maximum atomic E-state index is 12.4. The van der Waals surface area contributed by atoms with Gasteiger partial charge < -0.3 is 4.57 Å². The number of carbonyl (C=O) groups excluding carboxylic acids is 2. The number of aromatic nitrogens is 1. The predicted molar refractivity (Wildman–Crippen MR) is 108 cm³/mol. The SMILES string of the molecule is C=CCN1C(=O)S/C(=C/c2cc(C)n(-c3cc(Cl)ccc3Cl)c2C)C1=O. The Bertz CT molecular complexity index is 963. The van der Waals surface area contributed by atoms with E-state index in [0.717, 1.165) is 34.4 Å². The van der Waals surface area contributed by atoms with Gasteiger partial charge in [-0.25, -0.2) is 0 Å². The molecule has 2 aromatic rings. The highest BCUT2D eigenvalue weighted by Crippen LogP contribution is 2.34. The van der Waals surface area contributed by atoms with Gasteiger partial charge in [-0.2, -0.15) is 0 Å². The van der Waals surface area contributed by atoms with Crippen molar-refractivity contribution in [2.24, 2.45) is 0 Å². The van der Waals surface area contributed by atoms with Gasteiger partial charge in [-0.1, -0.05) is 29.3 Å². The number of aryl methyl sites for hydroxylation is 1. The topological polar surface area (TPSA) is 42.3 Å². The Balaban J connectivity index is 2.04. The Kier molecular flexibility index (Phi) is 5.32.